The van der Waals surface area contributed by atoms with Crippen LogP contribution in [-0.4, -0.2) is 36.4 Å². The van der Waals surface area contributed by atoms with E-state index in [0.29, 0.717) is 19.8 Å². The third-order valence-electron chi connectivity index (χ3n) is 3.78. The van der Waals surface area contributed by atoms with Crippen LogP contribution in [0, 0.1) is 0 Å². The van der Waals surface area contributed by atoms with Crippen LogP contribution in [0.2, 0.25) is 0 Å². The van der Waals surface area contributed by atoms with Crippen molar-refractivity contribution in [2.24, 2.45) is 0 Å². The van der Waals surface area contributed by atoms with Crippen molar-refractivity contribution in [1.82, 2.24) is 4.90 Å². The molecule has 0 aromatic heterocycles. The SMILES string of the molecule is CCOCCN(C(=O)CCl)C1=C(C)C(C)=C(C)CC1. The van der Waals surface area contributed by atoms with Crippen LogP contribution in [-0.2, 0) is 9.53 Å². The number of carbonyl (C=O) groups is 1. The average Bonchev–Trinajstić information content (AvgIpc) is 2.41. The number of alkyl halides is 1. The van der Waals surface area contributed by atoms with Crippen molar-refractivity contribution in [1.29, 1.82) is 0 Å². The van der Waals surface area contributed by atoms with Crippen LogP contribution in [0.3, 0.4) is 0 Å². The number of nitrogens with zero attached hydrogens (tertiary/aromatic N) is 1. The second-order valence-electron chi connectivity index (χ2n) is 4.85. The van der Waals surface area contributed by atoms with E-state index in [-0.39, 0.29) is 11.8 Å². The topological polar surface area (TPSA) is 29.5 Å². The Morgan fingerprint density at radius 2 is 1.95 bits per heavy atom. The molecule has 3 nitrogen and oxygen atoms in total. The van der Waals surface area contributed by atoms with E-state index >= 15 is 0 Å². The predicted octanol–water partition coefficient (Wildman–Crippen LogP) is 3.49. The van der Waals surface area contributed by atoms with Crippen LogP contribution in [0.25, 0.3) is 0 Å². The maximum absolute atomic E-state index is 12.0. The van der Waals surface area contributed by atoms with E-state index in [9.17, 15) is 4.79 Å². The lowest BCUT2D eigenvalue weighted by Gasteiger charge is -2.30. The van der Waals surface area contributed by atoms with Crippen molar-refractivity contribution < 1.29 is 9.53 Å². The minimum atomic E-state index is -0.0388. The van der Waals surface area contributed by atoms with Gasteiger partial charge < -0.3 is 9.64 Å². The second kappa shape index (κ2) is 7.71. The lowest BCUT2D eigenvalue weighted by molar-refractivity contribution is -0.127. The second-order valence-corrected chi connectivity index (χ2v) is 5.12. The molecule has 0 atom stereocenters. The third kappa shape index (κ3) is 4.08. The van der Waals surface area contributed by atoms with Crippen LogP contribution in [0.15, 0.2) is 22.4 Å². The summed E-state index contributed by atoms with van der Waals surface area (Å²) in [7, 11) is 0. The number of hydrogen-bond acceptors (Lipinski definition) is 2. The number of rotatable bonds is 6. The first-order valence-electron chi connectivity index (χ1n) is 6.83. The van der Waals surface area contributed by atoms with Crippen LogP contribution in [0.4, 0.5) is 0 Å². The fourth-order valence-electron chi connectivity index (χ4n) is 2.34. The summed E-state index contributed by atoms with van der Waals surface area (Å²) in [6.45, 7) is 10.1. The molecule has 0 saturated carbocycles. The molecule has 1 amide bonds. The molecule has 0 aliphatic heterocycles. The van der Waals surface area contributed by atoms with Crippen LogP contribution >= 0.6 is 11.6 Å². The van der Waals surface area contributed by atoms with Gasteiger partial charge in [-0.15, -0.1) is 11.6 Å². The van der Waals surface area contributed by atoms with Gasteiger partial charge in [0.1, 0.15) is 5.88 Å². The first-order chi connectivity index (χ1) is 9.02. The number of carbonyl (C=O) groups excluding carboxylic acids is 1. The van der Waals surface area contributed by atoms with Gasteiger partial charge in [0.25, 0.3) is 0 Å². The Kier molecular flexibility index (Phi) is 6.59. The molecule has 4 heteroatoms. The van der Waals surface area contributed by atoms with Crippen molar-refractivity contribution in [2.75, 3.05) is 25.6 Å². The van der Waals surface area contributed by atoms with Crippen LogP contribution in [0.1, 0.15) is 40.5 Å². The zero-order valence-corrected chi connectivity index (χ0v) is 13.1. The minimum Gasteiger partial charge on any atom is -0.380 e. The summed E-state index contributed by atoms with van der Waals surface area (Å²) in [6.07, 6.45) is 1.92. The van der Waals surface area contributed by atoms with E-state index in [1.807, 2.05) is 6.92 Å². The van der Waals surface area contributed by atoms with Crippen molar-refractivity contribution in [3.63, 3.8) is 0 Å². The summed E-state index contributed by atoms with van der Waals surface area (Å²) in [5, 5.41) is 0. The highest BCUT2D eigenvalue weighted by Gasteiger charge is 2.22. The van der Waals surface area contributed by atoms with Gasteiger partial charge in [0.05, 0.1) is 6.61 Å². The van der Waals surface area contributed by atoms with Gasteiger partial charge in [0.15, 0.2) is 0 Å². The molecule has 0 bridgehead atoms. The van der Waals surface area contributed by atoms with E-state index in [1.54, 1.807) is 4.90 Å². The molecule has 0 aromatic carbocycles. The van der Waals surface area contributed by atoms with Gasteiger partial charge in [-0.05, 0) is 51.7 Å². The first kappa shape index (κ1) is 16.3. The van der Waals surface area contributed by atoms with Crippen molar-refractivity contribution in [3.8, 4) is 0 Å². The summed E-state index contributed by atoms with van der Waals surface area (Å²) < 4.78 is 5.36. The molecular weight excluding hydrogens is 262 g/mol. The molecule has 0 aromatic rings. The Labute approximate surface area is 121 Å². The summed E-state index contributed by atoms with van der Waals surface area (Å²) in [6, 6.07) is 0. The maximum Gasteiger partial charge on any atom is 0.241 e. The zero-order valence-electron chi connectivity index (χ0n) is 12.4. The predicted molar refractivity (Wildman–Crippen MR) is 79.2 cm³/mol. The highest BCUT2D eigenvalue weighted by molar-refractivity contribution is 6.27. The van der Waals surface area contributed by atoms with E-state index in [4.69, 9.17) is 16.3 Å². The Morgan fingerprint density at radius 1 is 1.26 bits per heavy atom. The van der Waals surface area contributed by atoms with Gasteiger partial charge in [-0.3, -0.25) is 4.79 Å². The number of halogens is 1. The largest absolute Gasteiger partial charge is 0.380 e. The Hall–Kier alpha value is -0.800. The fraction of sp³-hybridized carbons (Fsp3) is 0.667. The minimum absolute atomic E-state index is 0.0185. The van der Waals surface area contributed by atoms with Gasteiger partial charge in [-0.2, -0.15) is 0 Å². The lowest BCUT2D eigenvalue weighted by Crippen LogP contribution is -2.35. The summed E-state index contributed by atoms with van der Waals surface area (Å²) in [4.78, 5) is 13.8. The third-order valence-corrected chi connectivity index (χ3v) is 4.01. The average molecular weight is 286 g/mol. The monoisotopic (exact) mass is 285 g/mol. The van der Waals surface area contributed by atoms with E-state index in [0.717, 1.165) is 18.5 Å². The smallest absolute Gasteiger partial charge is 0.241 e. The Balaban J connectivity index is 2.94. The molecule has 0 radical (unpaired) electrons. The molecule has 0 spiro atoms. The molecule has 0 heterocycles. The molecular formula is C15H24ClNO2. The van der Waals surface area contributed by atoms with Crippen molar-refractivity contribution in [3.05, 3.63) is 22.4 Å². The highest BCUT2D eigenvalue weighted by Crippen LogP contribution is 2.31. The van der Waals surface area contributed by atoms with Gasteiger partial charge in [-0.25, -0.2) is 0 Å². The molecule has 0 N–H and O–H groups in total. The molecule has 0 fully saturated rings. The van der Waals surface area contributed by atoms with Gasteiger partial charge in [0, 0.05) is 18.8 Å². The normalized spacial score (nSPS) is 16.1. The van der Waals surface area contributed by atoms with Crippen molar-refractivity contribution in [2.45, 2.75) is 40.5 Å². The zero-order chi connectivity index (χ0) is 14.4. The summed E-state index contributed by atoms with van der Waals surface area (Å²) in [5.41, 5.74) is 5.02. The quantitative estimate of drug-likeness (QED) is 0.552. The number of hydrogen-bond donors (Lipinski definition) is 0. The van der Waals surface area contributed by atoms with Crippen LogP contribution < -0.4 is 0 Å². The fourth-order valence-corrected chi connectivity index (χ4v) is 2.48. The molecule has 0 saturated heterocycles. The standard InChI is InChI=1S/C15H24ClNO2/c1-5-19-9-8-17(15(18)10-16)14-7-6-11(2)12(3)13(14)4/h5-10H2,1-4H3. The maximum atomic E-state index is 12.0. The molecule has 1 aliphatic carbocycles. The Bertz CT molecular complexity index is 399. The summed E-state index contributed by atoms with van der Waals surface area (Å²) in [5.74, 6) is -0.0203. The molecule has 108 valence electrons. The number of ether oxygens (including phenoxy) is 1. The van der Waals surface area contributed by atoms with Gasteiger partial charge in [-0.1, -0.05) is 5.57 Å². The van der Waals surface area contributed by atoms with E-state index in [2.05, 4.69) is 20.8 Å². The molecule has 1 rings (SSSR count). The molecule has 1 aliphatic rings. The van der Waals surface area contributed by atoms with Crippen LogP contribution in [0.5, 0.6) is 0 Å². The van der Waals surface area contributed by atoms with E-state index in [1.165, 1.54) is 16.7 Å². The molecule has 19 heavy (non-hydrogen) atoms. The molecule has 0 unspecified atom stereocenters. The van der Waals surface area contributed by atoms with Crippen molar-refractivity contribution >= 4 is 17.5 Å². The number of amides is 1. The Morgan fingerprint density at radius 3 is 2.53 bits per heavy atom. The highest BCUT2D eigenvalue weighted by atomic mass is 35.5. The van der Waals surface area contributed by atoms with Gasteiger partial charge in [0.2, 0.25) is 5.91 Å². The summed E-state index contributed by atoms with van der Waals surface area (Å²) >= 11 is 5.72. The lowest BCUT2D eigenvalue weighted by atomic mass is 9.90. The first-order valence-corrected chi connectivity index (χ1v) is 7.36. The van der Waals surface area contributed by atoms with Gasteiger partial charge >= 0.3 is 0 Å². The van der Waals surface area contributed by atoms with E-state index < -0.39 is 0 Å². The number of allylic oxidation sites excluding steroid dienone is 4.